The highest BCUT2D eigenvalue weighted by Crippen LogP contribution is 2.08. The molecule has 0 aliphatic rings. The van der Waals surface area contributed by atoms with Crippen LogP contribution in [-0.4, -0.2) is 22.7 Å². The molecule has 0 bridgehead atoms. The highest BCUT2D eigenvalue weighted by Gasteiger charge is 2.14. The van der Waals surface area contributed by atoms with Crippen LogP contribution in [0.5, 0.6) is 0 Å². The predicted molar refractivity (Wildman–Crippen MR) is 47.2 cm³/mol. The van der Waals surface area contributed by atoms with Crippen molar-refractivity contribution in [2.24, 2.45) is 0 Å². The Morgan fingerprint density at radius 2 is 2.31 bits per heavy atom. The van der Waals surface area contributed by atoms with Crippen LogP contribution in [0.2, 0.25) is 0 Å². The summed E-state index contributed by atoms with van der Waals surface area (Å²) in [4.78, 5) is 16.2. The minimum atomic E-state index is -0.259. The molecule has 0 saturated heterocycles. The van der Waals surface area contributed by atoms with Crippen LogP contribution in [0, 0.1) is 13.8 Å². The number of hydroxylamine groups is 1. The summed E-state index contributed by atoms with van der Waals surface area (Å²) in [6, 6.07) is 0. The summed E-state index contributed by atoms with van der Waals surface area (Å²) >= 11 is 0. The molecule has 72 valence electrons. The number of aryl methyl sites for hydroxylation is 2. The van der Waals surface area contributed by atoms with Crippen molar-refractivity contribution in [2.75, 3.05) is 6.61 Å². The van der Waals surface area contributed by atoms with E-state index >= 15 is 0 Å². The van der Waals surface area contributed by atoms with Crippen molar-refractivity contribution in [1.82, 2.24) is 15.7 Å². The highest BCUT2D eigenvalue weighted by molar-refractivity contribution is 5.95. The molecule has 13 heavy (non-hydrogen) atoms. The molecule has 1 aromatic rings. The fraction of sp³-hybridized carbons (Fsp3) is 0.500. The lowest BCUT2D eigenvalue weighted by atomic mass is 10.2. The molecule has 2 N–H and O–H groups in total. The molecule has 1 amide bonds. The number of hydrogen-bond donors (Lipinski definition) is 2. The zero-order valence-corrected chi connectivity index (χ0v) is 7.97. The number of amides is 1. The molecule has 0 spiro atoms. The van der Waals surface area contributed by atoms with Gasteiger partial charge in [0.2, 0.25) is 0 Å². The molecule has 0 fully saturated rings. The lowest BCUT2D eigenvalue weighted by Crippen LogP contribution is -2.24. The second-order valence-electron chi connectivity index (χ2n) is 2.67. The maximum absolute atomic E-state index is 11.4. The van der Waals surface area contributed by atoms with Gasteiger partial charge in [-0.15, -0.1) is 0 Å². The number of carbonyl (C=O) groups is 1. The first-order chi connectivity index (χ1) is 6.16. The maximum atomic E-state index is 11.4. The standard InChI is InChI=1S/C8H13N3O2/c1-4-13-11-8(12)7-5(2)9-10-6(7)3/h4H2,1-3H3,(H,9,10)(H,11,12). The Labute approximate surface area is 76.4 Å². The van der Waals surface area contributed by atoms with E-state index in [1.807, 2.05) is 0 Å². The molecule has 0 saturated carbocycles. The number of hydrogen-bond acceptors (Lipinski definition) is 3. The Morgan fingerprint density at radius 3 is 2.77 bits per heavy atom. The van der Waals surface area contributed by atoms with Gasteiger partial charge in [-0.3, -0.25) is 14.7 Å². The topological polar surface area (TPSA) is 67.0 Å². The fourth-order valence-corrected chi connectivity index (χ4v) is 1.07. The number of nitrogens with one attached hydrogen (secondary N) is 2. The molecule has 5 heteroatoms. The third-order valence-corrected chi connectivity index (χ3v) is 1.66. The second kappa shape index (κ2) is 4.04. The molecule has 0 aromatic carbocycles. The summed E-state index contributed by atoms with van der Waals surface area (Å²) in [5, 5.41) is 6.63. The molecular formula is C8H13N3O2. The quantitative estimate of drug-likeness (QED) is 0.678. The third kappa shape index (κ3) is 2.06. The molecule has 0 unspecified atom stereocenters. The van der Waals surface area contributed by atoms with Gasteiger partial charge in [0.1, 0.15) is 0 Å². The van der Waals surface area contributed by atoms with Gasteiger partial charge in [0.05, 0.1) is 17.9 Å². The Kier molecular flexibility index (Phi) is 3.02. The number of rotatable bonds is 3. The van der Waals surface area contributed by atoms with E-state index in [9.17, 15) is 4.79 Å². The summed E-state index contributed by atoms with van der Waals surface area (Å²) < 4.78 is 0. The molecule has 0 radical (unpaired) electrons. The normalized spacial score (nSPS) is 10.1. The molecular weight excluding hydrogens is 170 g/mol. The van der Waals surface area contributed by atoms with Crippen molar-refractivity contribution in [2.45, 2.75) is 20.8 Å². The van der Waals surface area contributed by atoms with Crippen molar-refractivity contribution in [3.8, 4) is 0 Å². The van der Waals surface area contributed by atoms with Gasteiger partial charge >= 0.3 is 0 Å². The lowest BCUT2D eigenvalue weighted by Gasteiger charge is -2.02. The van der Waals surface area contributed by atoms with Crippen LogP contribution in [0.4, 0.5) is 0 Å². The van der Waals surface area contributed by atoms with Crippen LogP contribution in [0.3, 0.4) is 0 Å². The monoisotopic (exact) mass is 183 g/mol. The first-order valence-electron chi connectivity index (χ1n) is 4.10. The first-order valence-corrected chi connectivity index (χ1v) is 4.10. The van der Waals surface area contributed by atoms with Crippen molar-refractivity contribution in [1.29, 1.82) is 0 Å². The average Bonchev–Trinajstić information content (AvgIpc) is 2.42. The molecule has 0 atom stereocenters. The SMILES string of the molecule is CCONC(=O)c1c(C)n[nH]c1C. The van der Waals surface area contributed by atoms with Gasteiger partial charge in [0.15, 0.2) is 0 Å². The van der Waals surface area contributed by atoms with Crippen molar-refractivity contribution < 1.29 is 9.63 Å². The van der Waals surface area contributed by atoms with E-state index in [0.717, 1.165) is 5.69 Å². The summed E-state index contributed by atoms with van der Waals surface area (Å²) in [6.07, 6.45) is 0. The van der Waals surface area contributed by atoms with E-state index in [2.05, 4.69) is 15.7 Å². The van der Waals surface area contributed by atoms with E-state index in [1.54, 1.807) is 20.8 Å². The average molecular weight is 183 g/mol. The zero-order chi connectivity index (χ0) is 9.84. The van der Waals surface area contributed by atoms with Crippen molar-refractivity contribution in [3.05, 3.63) is 17.0 Å². The van der Waals surface area contributed by atoms with Crippen molar-refractivity contribution >= 4 is 5.91 Å². The minimum absolute atomic E-state index is 0.259. The van der Waals surface area contributed by atoms with E-state index in [4.69, 9.17) is 4.84 Å². The van der Waals surface area contributed by atoms with Crippen LogP contribution in [0.15, 0.2) is 0 Å². The summed E-state index contributed by atoms with van der Waals surface area (Å²) in [7, 11) is 0. The Bertz CT molecular complexity index is 287. The molecule has 1 aromatic heterocycles. The fourth-order valence-electron chi connectivity index (χ4n) is 1.07. The van der Waals surface area contributed by atoms with Crippen molar-refractivity contribution in [3.63, 3.8) is 0 Å². The highest BCUT2D eigenvalue weighted by atomic mass is 16.6. The van der Waals surface area contributed by atoms with Crippen LogP contribution < -0.4 is 5.48 Å². The largest absolute Gasteiger partial charge is 0.282 e. The summed E-state index contributed by atoms with van der Waals surface area (Å²) in [6.45, 7) is 5.81. The number of nitrogens with zero attached hydrogens (tertiary/aromatic N) is 1. The van der Waals surface area contributed by atoms with E-state index < -0.39 is 0 Å². The van der Waals surface area contributed by atoms with E-state index in [0.29, 0.717) is 17.9 Å². The predicted octanol–water partition coefficient (Wildman–Crippen LogP) is 0.708. The van der Waals surface area contributed by atoms with E-state index in [1.165, 1.54) is 0 Å². The van der Waals surface area contributed by atoms with Crippen LogP contribution in [0.1, 0.15) is 28.7 Å². The number of H-pyrrole nitrogens is 1. The summed E-state index contributed by atoms with van der Waals surface area (Å²) in [5.41, 5.74) is 4.29. The van der Waals surface area contributed by atoms with Crippen LogP contribution in [0.25, 0.3) is 0 Å². The van der Waals surface area contributed by atoms with Gasteiger partial charge in [-0.05, 0) is 20.8 Å². The van der Waals surface area contributed by atoms with Crippen LogP contribution in [-0.2, 0) is 4.84 Å². The third-order valence-electron chi connectivity index (χ3n) is 1.66. The van der Waals surface area contributed by atoms with E-state index in [-0.39, 0.29) is 5.91 Å². The van der Waals surface area contributed by atoms with Gasteiger partial charge in [0, 0.05) is 5.69 Å². The Hall–Kier alpha value is -1.36. The van der Waals surface area contributed by atoms with Gasteiger partial charge in [-0.2, -0.15) is 5.10 Å². The van der Waals surface area contributed by atoms with Gasteiger partial charge in [-0.1, -0.05) is 0 Å². The summed E-state index contributed by atoms with van der Waals surface area (Å²) in [5.74, 6) is -0.259. The van der Waals surface area contributed by atoms with Gasteiger partial charge in [-0.25, -0.2) is 5.48 Å². The van der Waals surface area contributed by atoms with Gasteiger partial charge in [0.25, 0.3) is 5.91 Å². The molecule has 1 heterocycles. The molecule has 0 aliphatic carbocycles. The first kappa shape index (κ1) is 9.73. The molecule has 0 aliphatic heterocycles. The molecule has 1 rings (SSSR count). The van der Waals surface area contributed by atoms with Gasteiger partial charge < -0.3 is 0 Å². The maximum Gasteiger partial charge on any atom is 0.278 e. The molecule has 5 nitrogen and oxygen atoms in total. The van der Waals surface area contributed by atoms with Crippen LogP contribution >= 0.6 is 0 Å². The number of aromatic amines is 1. The lowest BCUT2D eigenvalue weighted by molar-refractivity contribution is 0.0363. The second-order valence-corrected chi connectivity index (χ2v) is 2.67. The Morgan fingerprint density at radius 1 is 1.62 bits per heavy atom. The number of aromatic nitrogens is 2. The smallest absolute Gasteiger partial charge is 0.278 e. The number of carbonyl (C=O) groups excluding carboxylic acids is 1. The Balaban J connectivity index is 2.76. The zero-order valence-electron chi connectivity index (χ0n) is 7.97. The minimum Gasteiger partial charge on any atom is -0.282 e.